The van der Waals surface area contributed by atoms with Gasteiger partial charge in [0.15, 0.2) is 0 Å². The van der Waals surface area contributed by atoms with Crippen LogP contribution in [0.15, 0.2) is 42.5 Å². The second-order valence-electron chi connectivity index (χ2n) is 6.58. The van der Waals surface area contributed by atoms with Crippen LogP contribution in [-0.2, 0) is 6.42 Å². The highest BCUT2D eigenvalue weighted by molar-refractivity contribution is 5.82. The van der Waals surface area contributed by atoms with Crippen molar-refractivity contribution in [1.82, 2.24) is 0 Å². The molecule has 0 bridgehead atoms. The van der Waals surface area contributed by atoms with Gasteiger partial charge in [-0.3, -0.25) is 0 Å². The van der Waals surface area contributed by atoms with Gasteiger partial charge in [-0.1, -0.05) is 62.2 Å². The van der Waals surface area contributed by atoms with Crippen LogP contribution in [0.5, 0.6) is 0 Å². The van der Waals surface area contributed by atoms with Gasteiger partial charge in [-0.2, -0.15) is 0 Å². The molecule has 1 aliphatic carbocycles. The lowest BCUT2D eigenvalue weighted by atomic mass is 9.77. The molecule has 0 aromatic heterocycles. The van der Waals surface area contributed by atoms with Crippen LogP contribution in [0.2, 0.25) is 0 Å². The van der Waals surface area contributed by atoms with Crippen LogP contribution in [-0.4, -0.2) is 6.04 Å². The molecule has 1 heteroatoms. The van der Waals surface area contributed by atoms with Gasteiger partial charge in [-0.05, 0) is 47.4 Å². The SMILES string of the molecule is CC1CCCC(C(N)Cc2ccc3ccccc3c2)C1. The van der Waals surface area contributed by atoms with Gasteiger partial charge in [0.2, 0.25) is 0 Å². The summed E-state index contributed by atoms with van der Waals surface area (Å²) in [5.41, 5.74) is 7.87. The molecule has 1 saturated carbocycles. The third-order valence-electron chi connectivity index (χ3n) is 4.87. The summed E-state index contributed by atoms with van der Waals surface area (Å²) in [4.78, 5) is 0. The zero-order chi connectivity index (χ0) is 13.9. The van der Waals surface area contributed by atoms with Gasteiger partial charge in [0.05, 0.1) is 0 Å². The van der Waals surface area contributed by atoms with E-state index in [2.05, 4.69) is 49.4 Å². The Bertz CT molecular complexity index is 575. The molecule has 1 aliphatic rings. The van der Waals surface area contributed by atoms with Crippen molar-refractivity contribution < 1.29 is 0 Å². The molecule has 0 saturated heterocycles. The normalized spacial score (nSPS) is 24.7. The summed E-state index contributed by atoms with van der Waals surface area (Å²) in [6.45, 7) is 2.37. The number of hydrogen-bond donors (Lipinski definition) is 1. The lowest BCUT2D eigenvalue weighted by Crippen LogP contribution is -2.35. The van der Waals surface area contributed by atoms with Crippen molar-refractivity contribution in [2.24, 2.45) is 17.6 Å². The van der Waals surface area contributed by atoms with E-state index in [0.29, 0.717) is 12.0 Å². The van der Waals surface area contributed by atoms with E-state index in [1.54, 1.807) is 0 Å². The molecule has 1 fully saturated rings. The highest BCUT2D eigenvalue weighted by Crippen LogP contribution is 2.31. The first kappa shape index (κ1) is 13.6. The summed E-state index contributed by atoms with van der Waals surface area (Å²) in [7, 11) is 0. The number of fused-ring (bicyclic) bond motifs is 1. The van der Waals surface area contributed by atoms with Gasteiger partial charge in [0.1, 0.15) is 0 Å². The summed E-state index contributed by atoms with van der Waals surface area (Å²) in [6, 6.07) is 15.6. The van der Waals surface area contributed by atoms with Crippen LogP contribution in [0.1, 0.15) is 38.2 Å². The van der Waals surface area contributed by atoms with E-state index in [1.165, 1.54) is 42.0 Å². The first-order chi connectivity index (χ1) is 9.72. The lowest BCUT2D eigenvalue weighted by Gasteiger charge is -2.31. The molecular weight excluding hydrogens is 242 g/mol. The Morgan fingerprint density at radius 1 is 1.10 bits per heavy atom. The molecule has 106 valence electrons. The van der Waals surface area contributed by atoms with Gasteiger partial charge in [0.25, 0.3) is 0 Å². The highest BCUT2D eigenvalue weighted by Gasteiger charge is 2.24. The zero-order valence-electron chi connectivity index (χ0n) is 12.4. The van der Waals surface area contributed by atoms with Crippen molar-refractivity contribution in [3.05, 3.63) is 48.0 Å². The molecule has 0 amide bonds. The van der Waals surface area contributed by atoms with Crippen LogP contribution < -0.4 is 5.73 Å². The molecule has 0 aliphatic heterocycles. The predicted octanol–water partition coefficient (Wildman–Crippen LogP) is 4.54. The Kier molecular flexibility index (Phi) is 4.07. The van der Waals surface area contributed by atoms with E-state index < -0.39 is 0 Å². The lowest BCUT2D eigenvalue weighted by molar-refractivity contribution is 0.245. The number of nitrogens with two attached hydrogens (primary N) is 1. The van der Waals surface area contributed by atoms with E-state index in [0.717, 1.165) is 12.3 Å². The Morgan fingerprint density at radius 2 is 1.90 bits per heavy atom. The summed E-state index contributed by atoms with van der Waals surface area (Å²) in [6.07, 6.45) is 6.40. The van der Waals surface area contributed by atoms with Gasteiger partial charge in [-0.15, -0.1) is 0 Å². The minimum absolute atomic E-state index is 0.318. The second-order valence-corrected chi connectivity index (χ2v) is 6.58. The molecule has 20 heavy (non-hydrogen) atoms. The molecule has 3 rings (SSSR count). The molecule has 2 aromatic carbocycles. The standard InChI is InChI=1S/C19H25N/c1-14-5-4-8-18(11-14)19(20)13-15-9-10-16-6-2-3-7-17(16)12-15/h2-3,6-7,9-10,12,14,18-19H,4-5,8,11,13,20H2,1H3. The van der Waals surface area contributed by atoms with Crippen LogP contribution in [0.3, 0.4) is 0 Å². The van der Waals surface area contributed by atoms with Crippen molar-refractivity contribution in [2.45, 2.75) is 45.1 Å². The fraction of sp³-hybridized carbons (Fsp3) is 0.474. The topological polar surface area (TPSA) is 26.0 Å². The fourth-order valence-electron chi connectivity index (χ4n) is 3.67. The quantitative estimate of drug-likeness (QED) is 0.868. The Balaban J connectivity index is 1.71. The molecule has 0 spiro atoms. The summed E-state index contributed by atoms with van der Waals surface area (Å²) < 4.78 is 0. The van der Waals surface area contributed by atoms with Crippen LogP contribution in [0, 0.1) is 11.8 Å². The van der Waals surface area contributed by atoms with E-state index in [9.17, 15) is 0 Å². The van der Waals surface area contributed by atoms with Crippen molar-refractivity contribution in [1.29, 1.82) is 0 Å². The summed E-state index contributed by atoms with van der Waals surface area (Å²) in [5.74, 6) is 1.57. The highest BCUT2D eigenvalue weighted by atomic mass is 14.7. The number of hydrogen-bond acceptors (Lipinski definition) is 1. The number of benzene rings is 2. The smallest absolute Gasteiger partial charge is 0.0108 e. The van der Waals surface area contributed by atoms with E-state index in [-0.39, 0.29) is 0 Å². The number of rotatable bonds is 3. The zero-order valence-corrected chi connectivity index (χ0v) is 12.4. The summed E-state index contributed by atoms with van der Waals surface area (Å²) >= 11 is 0. The van der Waals surface area contributed by atoms with Crippen molar-refractivity contribution in [3.63, 3.8) is 0 Å². The molecule has 0 radical (unpaired) electrons. The Hall–Kier alpha value is -1.34. The average Bonchev–Trinajstić information content (AvgIpc) is 2.47. The van der Waals surface area contributed by atoms with Gasteiger partial charge < -0.3 is 5.73 Å². The Labute approximate surface area is 122 Å². The summed E-state index contributed by atoms with van der Waals surface area (Å²) in [5, 5.41) is 2.64. The maximum absolute atomic E-state index is 6.49. The maximum atomic E-state index is 6.49. The molecule has 2 N–H and O–H groups in total. The predicted molar refractivity (Wildman–Crippen MR) is 86.7 cm³/mol. The van der Waals surface area contributed by atoms with Gasteiger partial charge in [0, 0.05) is 6.04 Å². The third-order valence-corrected chi connectivity index (χ3v) is 4.87. The monoisotopic (exact) mass is 267 g/mol. The van der Waals surface area contributed by atoms with Crippen molar-refractivity contribution in [2.75, 3.05) is 0 Å². The van der Waals surface area contributed by atoms with Crippen LogP contribution in [0.4, 0.5) is 0 Å². The van der Waals surface area contributed by atoms with Gasteiger partial charge in [-0.25, -0.2) is 0 Å². The molecule has 1 nitrogen and oxygen atoms in total. The van der Waals surface area contributed by atoms with Crippen molar-refractivity contribution >= 4 is 10.8 Å². The largest absolute Gasteiger partial charge is 0.327 e. The van der Waals surface area contributed by atoms with Crippen LogP contribution >= 0.6 is 0 Å². The van der Waals surface area contributed by atoms with Crippen LogP contribution in [0.25, 0.3) is 10.8 Å². The second kappa shape index (κ2) is 5.97. The van der Waals surface area contributed by atoms with Crippen molar-refractivity contribution in [3.8, 4) is 0 Å². The maximum Gasteiger partial charge on any atom is 0.0108 e. The van der Waals surface area contributed by atoms with E-state index in [4.69, 9.17) is 5.73 Å². The molecule has 3 unspecified atom stereocenters. The fourth-order valence-corrected chi connectivity index (χ4v) is 3.67. The van der Waals surface area contributed by atoms with Gasteiger partial charge >= 0.3 is 0 Å². The minimum atomic E-state index is 0.318. The molecule has 3 atom stereocenters. The molecule has 0 heterocycles. The first-order valence-electron chi connectivity index (χ1n) is 7.95. The van der Waals surface area contributed by atoms with E-state index >= 15 is 0 Å². The first-order valence-corrected chi connectivity index (χ1v) is 7.95. The Morgan fingerprint density at radius 3 is 2.70 bits per heavy atom. The molecular formula is C19H25N. The minimum Gasteiger partial charge on any atom is -0.327 e. The third kappa shape index (κ3) is 3.04. The molecule has 2 aromatic rings. The average molecular weight is 267 g/mol. The van der Waals surface area contributed by atoms with E-state index in [1.807, 2.05) is 0 Å².